The zero-order valence-corrected chi connectivity index (χ0v) is 12.9. The Hall–Kier alpha value is -3.35. The molecule has 3 rings (SSSR count). The number of aromatic nitrogens is 2. The summed E-state index contributed by atoms with van der Waals surface area (Å²) in [6.45, 7) is 0.0793. The summed E-state index contributed by atoms with van der Waals surface area (Å²) in [6, 6.07) is 8.40. The Kier molecular flexibility index (Phi) is 4.15. The van der Waals surface area contributed by atoms with E-state index in [-0.39, 0.29) is 18.1 Å². The number of methoxy groups -OCH3 is 1. The van der Waals surface area contributed by atoms with Gasteiger partial charge in [0, 0.05) is 41.0 Å². The Morgan fingerprint density at radius 3 is 2.67 bits per heavy atom. The Bertz CT molecular complexity index is 903. The van der Waals surface area contributed by atoms with E-state index < -0.39 is 5.97 Å². The first kappa shape index (κ1) is 15.5. The maximum absolute atomic E-state index is 12.2. The molecule has 0 fully saturated rings. The Labute approximate surface area is 137 Å². The number of pyridine rings is 1. The molecule has 1 aromatic carbocycles. The zero-order valence-electron chi connectivity index (χ0n) is 12.9. The summed E-state index contributed by atoms with van der Waals surface area (Å²) in [5.74, 6) is -0.774. The van der Waals surface area contributed by atoms with Crippen LogP contribution in [0.5, 0.6) is 5.75 Å². The number of hydrogen-bond acceptors (Lipinski definition) is 4. The molecule has 0 atom stereocenters. The number of aromatic amines is 1. The molecule has 7 heteroatoms. The Balaban J connectivity index is 1.93. The van der Waals surface area contributed by atoms with Gasteiger partial charge in [0.1, 0.15) is 11.4 Å². The summed E-state index contributed by atoms with van der Waals surface area (Å²) >= 11 is 0. The van der Waals surface area contributed by atoms with Crippen LogP contribution < -0.4 is 10.1 Å². The van der Waals surface area contributed by atoms with Crippen LogP contribution in [0.1, 0.15) is 26.4 Å². The lowest BCUT2D eigenvalue weighted by Crippen LogP contribution is -2.23. The Morgan fingerprint density at radius 2 is 2.00 bits per heavy atom. The number of carbonyl (C=O) groups excluding carboxylic acids is 1. The topological polar surface area (TPSA) is 104 Å². The van der Waals surface area contributed by atoms with Crippen LogP contribution in [0.2, 0.25) is 0 Å². The third kappa shape index (κ3) is 2.91. The summed E-state index contributed by atoms with van der Waals surface area (Å²) in [5, 5.41) is 12.8. The first-order chi connectivity index (χ1) is 11.6. The number of fused-ring (bicyclic) bond motifs is 1. The van der Waals surface area contributed by atoms with E-state index >= 15 is 0 Å². The van der Waals surface area contributed by atoms with E-state index in [1.807, 2.05) is 0 Å². The quantitative estimate of drug-likeness (QED) is 0.667. The van der Waals surface area contributed by atoms with E-state index in [9.17, 15) is 14.7 Å². The van der Waals surface area contributed by atoms with E-state index in [0.29, 0.717) is 27.8 Å². The average Bonchev–Trinajstić information content (AvgIpc) is 2.98. The predicted molar refractivity (Wildman–Crippen MR) is 87.2 cm³/mol. The van der Waals surface area contributed by atoms with Gasteiger partial charge >= 0.3 is 5.97 Å². The standard InChI is InChI=1S/C17H15N3O4/c1-24-11-2-3-14-12(8-11)13(15(20-14)17(22)23)9-19-16(21)10-4-6-18-7-5-10/h2-8,20H,9H2,1H3,(H,19,21)(H,22,23). The number of hydrogen-bond donors (Lipinski definition) is 3. The van der Waals surface area contributed by atoms with Crippen molar-refractivity contribution in [1.29, 1.82) is 0 Å². The molecular formula is C17H15N3O4. The molecule has 3 N–H and O–H groups in total. The van der Waals surface area contributed by atoms with Gasteiger partial charge in [-0.15, -0.1) is 0 Å². The van der Waals surface area contributed by atoms with Crippen molar-refractivity contribution in [2.75, 3.05) is 7.11 Å². The van der Waals surface area contributed by atoms with Crippen molar-refractivity contribution < 1.29 is 19.4 Å². The molecule has 122 valence electrons. The minimum Gasteiger partial charge on any atom is -0.497 e. The van der Waals surface area contributed by atoms with Crippen molar-refractivity contribution in [3.8, 4) is 5.75 Å². The summed E-state index contributed by atoms with van der Waals surface area (Å²) in [7, 11) is 1.54. The third-order valence-corrected chi connectivity index (χ3v) is 3.70. The molecule has 3 aromatic rings. The first-order valence-corrected chi connectivity index (χ1v) is 7.20. The van der Waals surface area contributed by atoms with E-state index in [1.54, 1.807) is 30.3 Å². The van der Waals surface area contributed by atoms with Gasteiger partial charge in [-0.2, -0.15) is 0 Å². The molecule has 0 aliphatic heterocycles. The molecular weight excluding hydrogens is 310 g/mol. The summed E-state index contributed by atoms with van der Waals surface area (Å²) in [4.78, 5) is 30.4. The smallest absolute Gasteiger partial charge is 0.352 e. The van der Waals surface area contributed by atoms with Crippen molar-refractivity contribution in [3.63, 3.8) is 0 Å². The number of carboxylic acids is 1. The third-order valence-electron chi connectivity index (χ3n) is 3.70. The SMILES string of the molecule is COc1ccc2[nH]c(C(=O)O)c(CNC(=O)c3ccncc3)c2c1. The average molecular weight is 325 g/mol. The van der Waals surface area contributed by atoms with Gasteiger partial charge in [-0.3, -0.25) is 9.78 Å². The van der Waals surface area contributed by atoms with Crippen LogP contribution in [0.3, 0.4) is 0 Å². The molecule has 7 nitrogen and oxygen atoms in total. The van der Waals surface area contributed by atoms with E-state index in [1.165, 1.54) is 19.5 Å². The highest BCUT2D eigenvalue weighted by atomic mass is 16.5. The van der Waals surface area contributed by atoms with Gasteiger partial charge in [0.05, 0.1) is 7.11 Å². The number of aromatic carboxylic acids is 1. The highest BCUT2D eigenvalue weighted by Gasteiger charge is 2.18. The van der Waals surface area contributed by atoms with Crippen molar-refractivity contribution in [2.45, 2.75) is 6.54 Å². The van der Waals surface area contributed by atoms with Crippen molar-refractivity contribution in [2.24, 2.45) is 0 Å². The maximum atomic E-state index is 12.2. The summed E-state index contributed by atoms with van der Waals surface area (Å²) in [5.41, 5.74) is 1.67. The van der Waals surface area contributed by atoms with Gasteiger partial charge in [0.25, 0.3) is 5.91 Å². The predicted octanol–water partition coefficient (Wildman–Crippen LogP) is 2.20. The van der Waals surface area contributed by atoms with Gasteiger partial charge in [0.15, 0.2) is 0 Å². The van der Waals surface area contributed by atoms with E-state index in [4.69, 9.17) is 4.74 Å². The number of carboxylic acid groups (broad SMARTS) is 1. The fourth-order valence-electron chi connectivity index (χ4n) is 2.49. The van der Waals surface area contributed by atoms with Crippen LogP contribution in [0.4, 0.5) is 0 Å². The lowest BCUT2D eigenvalue weighted by atomic mass is 10.1. The minimum absolute atomic E-state index is 0.0493. The van der Waals surface area contributed by atoms with Crippen LogP contribution >= 0.6 is 0 Å². The molecule has 0 bridgehead atoms. The number of rotatable bonds is 5. The fourth-order valence-corrected chi connectivity index (χ4v) is 2.49. The van der Waals surface area contributed by atoms with Crippen LogP contribution in [0.15, 0.2) is 42.7 Å². The lowest BCUT2D eigenvalue weighted by Gasteiger charge is -2.06. The van der Waals surface area contributed by atoms with Gasteiger partial charge < -0.3 is 20.1 Å². The number of benzene rings is 1. The normalized spacial score (nSPS) is 10.5. The number of ether oxygens (including phenoxy) is 1. The number of carbonyl (C=O) groups is 2. The van der Waals surface area contributed by atoms with E-state index in [2.05, 4.69) is 15.3 Å². The van der Waals surface area contributed by atoms with E-state index in [0.717, 1.165) is 0 Å². The molecule has 1 amide bonds. The molecule has 0 aliphatic carbocycles. The van der Waals surface area contributed by atoms with Crippen molar-refractivity contribution in [3.05, 3.63) is 59.5 Å². The highest BCUT2D eigenvalue weighted by Crippen LogP contribution is 2.26. The van der Waals surface area contributed by atoms with Gasteiger partial charge in [-0.1, -0.05) is 0 Å². The van der Waals surface area contributed by atoms with Crippen LogP contribution in [0, 0.1) is 0 Å². The summed E-state index contributed by atoms with van der Waals surface area (Å²) < 4.78 is 5.19. The molecule has 0 unspecified atom stereocenters. The second-order valence-electron chi connectivity index (χ2n) is 5.11. The van der Waals surface area contributed by atoms with Crippen LogP contribution in [-0.2, 0) is 6.54 Å². The second-order valence-corrected chi connectivity index (χ2v) is 5.11. The summed E-state index contributed by atoms with van der Waals surface area (Å²) in [6.07, 6.45) is 3.04. The first-order valence-electron chi connectivity index (χ1n) is 7.20. The molecule has 0 spiro atoms. The van der Waals surface area contributed by atoms with Crippen LogP contribution in [-0.4, -0.2) is 34.1 Å². The Morgan fingerprint density at radius 1 is 1.25 bits per heavy atom. The zero-order chi connectivity index (χ0) is 17.1. The molecule has 0 aliphatic rings. The second kappa shape index (κ2) is 6.41. The molecule has 0 saturated heterocycles. The monoisotopic (exact) mass is 325 g/mol. The van der Waals surface area contributed by atoms with Gasteiger partial charge in [-0.05, 0) is 30.3 Å². The maximum Gasteiger partial charge on any atom is 0.352 e. The van der Waals surface area contributed by atoms with Gasteiger partial charge in [0.2, 0.25) is 0 Å². The molecule has 0 radical (unpaired) electrons. The number of H-pyrrole nitrogens is 1. The fraction of sp³-hybridized carbons (Fsp3) is 0.118. The highest BCUT2D eigenvalue weighted by molar-refractivity contribution is 5.99. The lowest BCUT2D eigenvalue weighted by molar-refractivity contribution is 0.0689. The molecule has 2 heterocycles. The van der Waals surface area contributed by atoms with Crippen LogP contribution in [0.25, 0.3) is 10.9 Å². The van der Waals surface area contributed by atoms with Crippen molar-refractivity contribution >= 4 is 22.8 Å². The number of nitrogens with one attached hydrogen (secondary N) is 2. The van der Waals surface area contributed by atoms with Crippen molar-refractivity contribution in [1.82, 2.24) is 15.3 Å². The molecule has 24 heavy (non-hydrogen) atoms. The largest absolute Gasteiger partial charge is 0.497 e. The molecule has 0 saturated carbocycles. The van der Waals surface area contributed by atoms with Gasteiger partial charge in [-0.25, -0.2) is 4.79 Å². The number of nitrogens with zero attached hydrogens (tertiary/aromatic N) is 1. The number of amides is 1. The minimum atomic E-state index is -1.08. The molecule has 2 aromatic heterocycles.